The van der Waals surface area contributed by atoms with Crippen LogP contribution in [0.5, 0.6) is 0 Å². The van der Waals surface area contributed by atoms with Gasteiger partial charge < -0.3 is 52.0 Å². The fourth-order valence-corrected chi connectivity index (χ4v) is 14.6. The Kier molecular flexibility index (Phi) is 21.8. The van der Waals surface area contributed by atoms with Crippen molar-refractivity contribution < 1.29 is 58.4 Å². The van der Waals surface area contributed by atoms with Gasteiger partial charge in [-0.25, -0.2) is 39.7 Å². The van der Waals surface area contributed by atoms with Crippen LogP contribution in [0.2, 0.25) is 0 Å². The van der Waals surface area contributed by atoms with Crippen molar-refractivity contribution in [3.63, 3.8) is 0 Å². The second-order valence-corrected chi connectivity index (χ2v) is 26.2. The minimum absolute atomic E-state index is 0.0104. The van der Waals surface area contributed by atoms with E-state index in [4.69, 9.17) is 34.8 Å². The number of anilines is 1. The predicted molar refractivity (Wildman–Crippen MR) is 336 cm³/mol. The molecule has 1 aliphatic heterocycles. The van der Waals surface area contributed by atoms with Crippen LogP contribution in [-0.4, -0.2) is 132 Å². The number of thiazole rings is 6. The largest absolute Gasteiger partial charge is 0.481 e. The van der Waals surface area contributed by atoms with Gasteiger partial charge in [0.25, 0.3) is 17.7 Å². The van der Waals surface area contributed by atoms with Crippen LogP contribution in [0.4, 0.5) is 10.6 Å². The molecule has 466 valence electrons. The summed E-state index contributed by atoms with van der Waals surface area (Å²) in [5, 5.41) is 56.0. The first-order valence-electron chi connectivity index (χ1n) is 27.7. The molecule has 32 heteroatoms. The number of amides is 7. The van der Waals surface area contributed by atoms with Crippen molar-refractivity contribution in [2.45, 2.75) is 90.1 Å². The molecule has 0 saturated heterocycles. The van der Waals surface area contributed by atoms with E-state index in [0.717, 1.165) is 45.3 Å². The third-order valence-electron chi connectivity index (χ3n) is 13.6. The maximum absolute atomic E-state index is 14.4. The minimum Gasteiger partial charge on any atom is -0.481 e. The molecular weight excluding hydrogens is 1270 g/mol. The van der Waals surface area contributed by atoms with E-state index in [9.17, 15) is 48.6 Å². The average molecular weight is 1330 g/mol. The topological polar surface area (TPSA) is 372 Å². The average Bonchev–Trinajstić information content (AvgIpc) is 3.10. The Balaban J connectivity index is 1.12. The Morgan fingerprint density at radius 3 is 2.12 bits per heavy atom. The SMILES string of the molecule is CNC(=O)C[C@@H]1NC(=O)c2csc(n2)-c2ccc(-c3nc(N(CCCCC(=O)O)C(=O)NCCCC(=O)O)cs3)nc2-c2csc(n2)-c2csc(n2)[C@H]([C@@H](O)c2ccccc2)NC(=O)CNC(=O)c2nc(sc2COC)[C@H](C(C)C)NC(=O)c2nc1sc2C. The van der Waals surface area contributed by atoms with Crippen molar-refractivity contribution in [1.82, 2.24) is 66.8 Å². The second kappa shape index (κ2) is 29.8. The molecule has 0 spiro atoms. The Bertz CT molecular complexity index is 3900. The summed E-state index contributed by atoms with van der Waals surface area (Å²) in [5.41, 5.74) is 2.35. The van der Waals surface area contributed by atoms with Gasteiger partial charge in [0.1, 0.15) is 82.2 Å². The second-order valence-electron chi connectivity index (χ2n) is 20.4. The number of ether oxygens (including phenoxy) is 1. The molecule has 1 aliphatic rings. The van der Waals surface area contributed by atoms with Crippen LogP contribution in [0.3, 0.4) is 0 Å². The van der Waals surface area contributed by atoms with Crippen LogP contribution >= 0.6 is 68.0 Å². The van der Waals surface area contributed by atoms with E-state index in [1.165, 1.54) is 41.7 Å². The lowest BCUT2D eigenvalue weighted by molar-refractivity contribution is -0.138. The van der Waals surface area contributed by atoms with Crippen LogP contribution in [0.1, 0.15) is 138 Å². The number of methoxy groups -OCH3 is 1. The third kappa shape index (κ3) is 16.1. The van der Waals surface area contributed by atoms with Crippen molar-refractivity contribution in [3.05, 3.63) is 111 Å². The van der Waals surface area contributed by atoms with Gasteiger partial charge in [-0.3, -0.25) is 38.5 Å². The van der Waals surface area contributed by atoms with Crippen LogP contribution in [0, 0.1) is 12.8 Å². The first-order chi connectivity index (χ1) is 42.8. The Labute approximate surface area is 532 Å². The number of rotatable bonds is 18. The summed E-state index contributed by atoms with van der Waals surface area (Å²) < 4.78 is 5.45. The summed E-state index contributed by atoms with van der Waals surface area (Å²) in [6.45, 7) is 5.06. The first kappa shape index (κ1) is 65.1. The molecule has 89 heavy (non-hydrogen) atoms. The highest BCUT2D eigenvalue weighted by molar-refractivity contribution is 7.15. The van der Waals surface area contributed by atoms with E-state index in [-0.39, 0.29) is 85.6 Å². The Hall–Kier alpha value is -8.37. The predicted octanol–water partition coefficient (Wildman–Crippen LogP) is 7.95. The van der Waals surface area contributed by atoms with Crippen molar-refractivity contribution >= 4 is 121 Å². The zero-order valence-electron chi connectivity index (χ0n) is 48.4. The highest BCUT2D eigenvalue weighted by Crippen LogP contribution is 2.40. The fourth-order valence-electron chi connectivity index (χ4n) is 9.10. The number of pyridine rings is 1. The van der Waals surface area contributed by atoms with Gasteiger partial charge in [0, 0.05) is 72.0 Å². The molecule has 9 rings (SSSR count). The summed E-state index contributed by atoms with van der Waals surface area (Å²) in [6.07, 6.45) is -1.04. The van der Waals surface area contributed by atoms with Gasteiger partial charge in [0.2, 0.25) is 11.8 Å². The summed E-state index contributed by atoms with van der Waals surface area (Å²) in [6, 6.07) is 8.70. The number of aryl methyl sites for hydroxylation is 1. The molecule has 7 amide bonds. The number of hydrogen-bond acceptors (Lipinski definition) is 23. The fraction of sp³-hybridized carbons (Fsp3) is 0.351. The van der Waals surface area contributed by atoms with Crippen LogP contribution in [-0.2, 0) is 30.5 Å². The number of nitrogens with one attached hydrogen (secondary N) is 6. The molecule has 0 unspecified atom stereocenters. The minimum atomic E-state index is -1.31. The molecule has 26 nitrogen and oxygen atoms in total. The Morgan fingerprint density at radius 1 is 0.685 bits per heavy atom. The molecule has 4 atom stereocenters. The smallest absolute Gasteiger partial charge is 0.323 e. The lowest BCUT2D eigenvalue weighted by Gasteiger charge is -2.23. The zero-order chi connectivity index (χ0) is 63.5. The first-order valence-corrected chi connectivity index (χ1v) is 32.9. The lowest BCUT2D eigenvalue weighted by atomic mass is 10.0. The standard InChI is InChI=1S/C57H60N14O12S6/c1-27(2)42-56-70-45(36(89-56)22-83-5)49(80)60-21-39(73)67-46(47(78)29-12-7-6-8-13-29)55-65-35(25-86-55)53-63-33(23-85-53)44-30(51-64-34(24-84-51)48(79)62-32(20-38(72)58-4)54-69-43(28(3)88-54)50(81)68-42)16-17-31(61-44)52-66-37(26-87-52)71(19-10-9-14-40(74)75)57(82)59-18-11-15-41(76)77/h6-8,12-13,16-17,23-27,32,42,46-47,78H,9-11,14-15,18-22H2,1-5H3,(H,58,72)(H,59,82)(H,60,80)(H,62,79)(H,67,73)(H,68,81)(H,74,75)(H,76,77)/t32-,42-,46-,47-/m0/s1. The summed E-state index contributed by atoms with van der Waals surface area (Å²) in [4.78, 5) is 142. The number of carbonyl (C=O) groups is 8. The van der Waals surface area contributed by atoms with E-state index in [0.29, 0.717) is 75.1 Å². The number of aromatic nitrogens is 7. The molecule has 9 N–H and O–H groups in total. The number of aliphatic hydroxyl groups excluding tert-OH is 1. The number of urea groups is 1. The van der Waals surface area contributed by atoms with Gasteiger partial charge >= 0.3 is 18.0 Å². The molecule has 0 fully saturated rings. The molecule has 0 aliphatic carbocycles. The molecule has 8 heterocycles. The maximum atomic E-state index is 14.4. The normalized spacial score (nSPS) is 15.9. The molecule has 0 radical (unpaired) electrons. The van der Waals surface area contributed by atoms with Crippen molar-refractivity contribution in [2.75, 3.05) is 38.7 Å². The number of aliphatic hydroxyl groups is 1. The van der Waals surface area contributed by atoms with Crippen molar-refractivity contribution in [1.29, 1.82) is 0 Å². The van der Waals surface area contributed by atoms with E-state index in [1.807, 2.05) is 13.8 Å². The Morgan fingerprint density at radius 2 is 1.38 bits per heavy atom. The quantitative estimate of drug-likeness (QED) is 0.0368. The van der Waals surface area contributed by atoms with Gasteiger partial charge in [0.15, 0.2) is 0 Å². The number of fused-ring (bicyclic) bond motifs is 14. The van der Waals surface area contributed by atoms with Crippen LogP contribution in [0.25, 0.3) is 43.4 Å². The number of carbonyl (C=O) groups excluding carboxylic acids is 6. The van der Waals surface area contributed by atoms with Crippen LogP contribution < -0.4 is 36.8 Å². The summed E-state index contributed by atoms with van der Waals surface area (Å²) in [7, 11) is 2.92. The summed E-state index contributed by atoms with van der Waals surface area (Å²) >= 11 is 7.00. The van der Waals surface area contributed by atoms with Gasteiger partial charge in [-0.1, -0.05) is 44.2 Å². The third-order valence-corrected chi connectivity index (χ3v) is 19.3. The number of aliphatic carboxylic acids is 2. The van der Waals surface area contributed by atoms with Gasteiger partial charge in [-0.15, -0.1) is 68.0 Å². The number of carboxylic acids is 2. The van der Waals surface area contributed by atoms with Crippen molar-refractivity contribution in [3.8, 4) is 43.4 Å². The summed E-state index contributed by atoms with van der Waals surface area (Å²) in [5.74, 6) is -5.01. The molecule has 10 bridgehead atoms. The lowest BCUT2D eigenvalue weighted by Crippen LogP contribution is -2.41. The number of nitrogens with zero attached hydrogens (tertiary/aromatic N) is 8. The highest BCUT2D eigenvalue weighted by atomic mass is 32.1. The van der Waals surface area contributed by atoms with Gasteiger partial charge in [-0.05, 0) is 49.8 Å². The van der Waals surface area contributed by atoms with E-state index < -0.39 is 78.3 Å². The van der Waals surface area contributed by atoms with Crippen LogP contribution in [0.15, 0.2) is 64.0 Å². The molecule has 7 aromatic heterocycles. The number of unbranched alkanes of at least 4 members (excludes halogenated alkanes) is 1. The van der Waals surface area contributed by atoms with Gasteiger partial charge in [0.05, 0.1) is 42.2 Å². The number of carboxylic acid groups (broad SMARTS) is 2. The highest BCUT2D eigenvalue weighted by Gasteiger charge is 2.33. The molecular formula is C57H60N14O12S6. The van der Waals surface area contributed by atoms with Crippen molar-refractivity contribution in [2.24, 2.45) is 5.92 Å². The molecule has 1 aromatic carbocycles. The number of hydrogen-bond donors (Lipinski definition) is 9. The maximum Gasteiger partial charge on any atom is 0.323 e. The monoisotopic (exact) mass is 1320 g/mol. The van der Waals surface area contributed by atoms with Gasteiger partial charge in [-0.2, -0.15) is 0 Å². The molecule has 8 aromatic rings. The van der Waals surface area contributed by atoms with E-state index >= 15 is 0 Å². The van der Waals surface area contributed by atoms with E-state index in [1.54, 1.807) is 70.9 Å². The number of benzene rings is 1. The van der Waals surface area contributed by atoms with E-state index in [2.05, 4.69) is 41.9 Å². The molecule has 0 saturated carbocycles. The zero-order valence-corrected chi connectivity index (χ0v) is 53.3.